The number of rotatable bonds is 3. The van der Waals surface area contributed by atoms with Crippen LogP contribution in [0.25, 0.3) is 0 Å². The van der Waals surface area contributed by atoms with E-state index < -0.39 is 0 Å². The highest BCUT2D eigenvalue weighted by Gasteiger charge is 2.34. The minimum atomic E-state index is -0.199. The summed E-state index contributed by atoms with van der Waals surface area (Å²) in [5.74, 6) is 0.620. The topological polar surface area (TPSA) is 29.1 Å². The van der Waals surface area contributed by atoms with Gasteiger partial charge in [0.15, 0.2) is 0 Å². The molecule has 2 rings (SSSR count). The molecule has 0 atom stereocenters. The highest BCUT2D eigenvalue weighted by molar-refractivity contribution is 6.17. The maximum Gasteiger partial charge on any atom is 0.230 e. The molecular formula is C15H20ClNO. The summed E-state index contributed by atoms with van der Waals surface area (Å²) in [5.41, 5.74) is 1.68. The van der Waals surface area contributed by atoms with Crippen LogP contribution in [0.3, 0.4) is 0 Å². The monoisotopic (exact) mass is 265 g/mol. The Labute approximate surface area is 114 Å². The molecule has 3 heteroatoms. The van der Waals surface area contributed by atoms with Gasteiger partial charge in [0.25, 0.3) is 0 Å². The molecule has 1 aromatic carbocycles. The van der Waals surface area contributed by atoms with Gasteiger partial charge in [-0.2, -0.15) is 0 Å². The predicted octanol–water partition coefficient (Wildman–Crippen LogP) is 4.33. The van der Waals surface area contributed by atoms with E-state index >= 15 is 0 Å². The highest BCUT2D eigenvalue weighted by Crippen LogP contribution is 2.36. The van der Waals surface area contributed by atoms with Crippen molar-refractivity contribution in [3.05, 3.63) is 29.8 Å². The molecule has 0 heterocycles. The molecule has 0 spiro atoms. The van der Waals surface area contributed by atoms with Gasteiger partial charge in [-0.15, -0.1) is 11.6 Å². The van der Waals surface area contributed by atoms with Crippen LogP contribution in [0.4, 0.5) is 5.69 Å². The summed E-state index contributed by atoms with van der Waals surface area (Å²) in [6.45, 7) is 2.08. The molecule has 1 saturated carbocycles. The molecule has 0 bridgehead atoms. The maximum atomic E-state index is 12.3. The van der Waals surface area contributed by atoms with E-state index in [9.17, 15) is 4.79 Å². The Morgan fingerprint density at radius 3 is 2.72 bits per heavy atom. The maximum absolute atomic E-state index is 12.3. The lowest BCUT2D eigenvalue weighted by Crippen LogP contribution is -2.35. The van der Waals surface area contributed by atoms with Crippen LogP contribution < -0.4 is 5.32 Å². The van der Waals surface area contributed by atoms with E-state index in [2.05, 4.69) is 12.2 Å². The molecule has 1 N–H and O–H groups in total. The minimum Gasteiger partial charge on any atom is -0.326 e. The fourth-order valence-electron chi connectivity index (χ4n) is 2.57. The third-order valence-corrected chi connectivity index (χ3v) is 4.15. The summed E-state index contributed by atoms with van der Waals surface area (Å²) in [7, 11) is 0. The smallest absolute Gasteiger partial charge is 0.230 e. The molecule has 2 nitrogen and oxygen atoms in total. The minimum absolute atomic E-state index is 0.147. The molecule has 0 saturated heterocycles. The Kier molecular flexibility index (Phi) is 4.28. The average Bonchev–Trinajstić information content (AvgIpc) is 2.40. The SMILES string of the molecule is CC1(C(=O)Nc2cccc(CCl)c2)CCCCC1. The molecule has 1 aliphatic rings. The van der Waals surface area contributed by atoms with Crippen molar-refractivity contribution in [2.75, 3.05) is 5.32 Å². The van der Waals surface area contributed by atoms with Gasteiger partial charge in [-0.05, 0) is 30.5 Å². The highest BCUT2D eigenvalue weighted by atomic mass is 35.5. The van der Waals surface area contributed by atoms with Crippen molar-refractivity contribution in [2.24, 2.45) is 5.41 Å². The van der Waals surface area contributed by atoms with Crippen molar-refractivity contribution in [2.45, 2.75) is 44.9 Å². The van der Waals surface area contributed by atoms with Gasteiger partial charge >= 0.3 is 0 Å². The van der Waals surface area contributed by atoms with Gasteiger partial charge in [-0.25, -0.2) is 0 Å². The van der Waals surface area contributed by atoms with E-state index in [1.54, 1.807) is 0 Å². The van der Waals surface area contributed by atoms with Crippen molar-refractivity contribution >= 4 is 23.2 Å². The lowest BCUT2D eigenvalue weighted by atomic mass is 9.75. The number of alkyl halides is 1. The van der Waals surface area contributed by atoms with Gasteiger partial charge in [0.05, 0.1) is 0 Å². The van der Waals surface area contributed by atoms with Crippen molar-refractivity contribution in [1.82, 2.24) is 0 Å². The van der Waals surface area contributed by atoms with Crippen molar-refractivity contribution in [3.63, 3.8) is 0 Å². The number of carbonyl (C=O) groups excluding carboxylic acids is 1. The lowest BCUT2D eigenvalue weighted by molar-refractivity contribution is -0.126. The Morgan fingerprint density at radius 1 is 1.33 bits per heavy atom. The third kappa shape index (κ3) is 3.05. The molecule has 1 aromatic rings. The summed E-state index contributed by atoms with van der Waals surface area (Å²) in [4.78, 5) is 12.3. The molecule has 18 heavy (non-hydrogen) atoms. The number of amides is 1. The summed E-state index contributed by atoms with van der Waals surface area (Å²) in [6, 6.07) is 7.75. The van der Waals surface area contributed by atoms with E-state index in [1.807, 2.05) is 24.3 Å². The van der Waals surface area contributed by atoms with E-state index in [0.29, 0.717) is 5.88 Å². The molecule has 1 aliphatic carbocycles. The van der Waals surface area contributed by atoms with Gasteiger partial charge in [0.1, 0.15) is 0 Å². The average molecular weight is 266 g/mol. The molecule has 0 unspecified atom stereocenters. The molecule has 0 radical (unpaired) electrons. The number of hydrogen-bond acceptors (Lipinski definition) is 1. The largest absolute Gasteiger partial charge is 0.326 e. The molecule has 1 amide bonds. The zero-order chi connectivity index (χ0) is 13.0. The zero-order valence-corrected chi connectivity index (χ0v) is 11.6. The summed E-state index contributed by atoms with van der Waals surface area (Å²) in [5, 5.41) is 3.03. The molecular weight excluding hydrogens is 246 g/mol. The van der Waals surface area contributed by atoms with Crippen LogP contribution in [0.2, 0.25) is 0 Å². The zero-order valence-electron chi connectivity index (χ0n) is 10.8. The summed E-state index contributed by atoms with van der Waals surface area (Å²) >= 11 is 5.80. The number of halogens is 1. The number of nitrogens with one attached hydrogen (secondary N) is 1. The van der Waals surface area contributed by atoms with Crippen LogP contribution in [-0.4, -0.2) is 5.91 Å². The van der Waals surface area contributed by atoms with Crippen molar-refractivity contribution in [1.29, 1.82) is 0 Å². The third-order valence-electron chi connectivity index (χ3n) is 3.84. The van der Waals surface area contributed by atoms with E-state index in [1.165, 1.54) is 6.42 Å². The molecule has 98 valence electrons. The second-order valence-corrected chi connectivity index (χ2v) is 5.68. The first-order valence-electron chi connectivity index (χ1n) is 6.60. The fraction of sp³-hybridized carbons (Fsp3) is 0.533. The summed E-state index contributed by atoms with van der Waals surface area (Å²) in [6.07, 6.45) is 5.56. The van der Waals surface area contributed by atoms with Crippen LogP contribution >= 0.6 is 11.6 Å². The first kappa shape index (κ1) is 13.4. The predicted molar refractivity (Wildman–Crippen MR) is 75.8 cm³/mol. The Bertz CT molecular complexity index is 424. The first-order valence-corrected chi connectivity index (χ1v) is 7.14. The van der Waals surface area contributed by atoms with Crippen molar-refractivity contribution < 1.29 is 4.79 Å². The molecule has 0 aromatic heterocycles. The van der Waals surface area contributed by atoms with Crippen molar-refractivity contribution in [3.8, 4) is 0 Å². The Hall–Kier alpha value is -1.02. The standard InChI is InChI=1S/C15H20ClNO/c1-15(8-3-2-4-9-15)14(18)17-13-7-5-6-12(10-13)11-16/h5-7,10H,2-4,8-9,11H2,1H3,(H,17,18). The van der Waals surface area contributed by atoms with Crippen LogP contribution in [0, 0.1) is 5.41 Å². The van der Waals surface area contributed by atoms with Gasteiger partial charge in [0, 0.05) is 17.0 Å². The Balaban J connectivity index is 2.05. The van der Waals surface area contributed by atoms with Gasteiger partial charge < -0.3 is 5.32 Å². The molecule has 0 aliphatic heterocycles. The van der Waals surface area contributed by atoms with Gasteiger partial charge in [0.2, 0.25) is 5.91 Å². The molecule has 1 fully saturated rings. The summed E-state index contributed by atoms with van der Waals surface area (Å²) < 4.78 is 0. The van der Waals surface area contributed by atoms with Crippen LogP contribution in [0.5, 0.6) is 0 Å². The van der Waals surface area contributed by atoms with Gasteiger partial charge in [-0.1, -0.05) is 38.3 Å². The van der Waals surface area contributed by atoms with Crippen LogP contribution in [0.15, 0.2) is 24.3 Å². The second-order valence-electron chi connectivity index (χ2n) is 5.41. The number of carbonyl (C=O) groups is 1. The first-order chi connectivity index (χ1) is 8.64. The van der Waals surface area contributed by atoms with E-state index in [-0.39, 0.29) is 11.3 Å². The van der Waals surface area contributed by atoms with Gasteiger partial charge in [-0.3, -0.25) is 4.79 Å². The normalized spacial score (nSPS) is 18.3. The lowest BCUT2D eigenvalue weighted by Gasteiger charge is -2.32. The van der Waals surface area contributed by atoms with E-state index in [0.717, 1.165) is 36.9 Å². The second kappa shape index (κ2) is 5.75. The number of benzene rings is 1. The van der Waals surface area contributed by atoms with Crippen LogP contribution in [-0.2, 0) is 10.7 Å². The fourth-order valence-corrected chi connectivity index (χ4v) is 2.74. The number of anilines is 1. The van der Waals surface area contributed by atoms with E-state index in [4.69, 9.17) is 11.6 Å². The number of hydrogen-bond donors (Lipinski definition) is 1. The van der Waals surface area contributed by atoms with Crippen LogP contribution in [0.1, 0.15) is 44.6 Å². The quantitative estimate of drug-likeness (QED) is 0.810. The Morgan fingerprint density at radius 2 is 2.06 bits per heavy atom.